The smallest absolute Gasteiger partial charge is 0.339 e. The number of aromatic hydroxyl groups is 1. The van der Waals surface area contributed by atoms with Gasteiger partial charge in [-0.1, -0.05) is 19.8 Å². The lowest BCUT2D eigenvalue weighted by molar-refractivity contribution is 0.0996. The number of aromatic nitrogens is 4. The summed E-state index contributed by atoms with van der Waals surface area (Å²) < 4.78 is 8.32. The van der Waals surface area contributed by atoms with Crippen molar-refractivity contribution in [1.82, 2.24) is 19.6 Å². The van der Waals surface area contributed by atoms with Crippen LogP contribution >= 0.6 is 0 Å². The van der Waals surface area contributed by atoms with Crippen LogP contribution in [0.3, 0.4) is 0 Å². The molecule has 5 rings (SSSR count). The molecule has 3 aromatic heterocycles. The van der Waals surface area contributed by atoms with E-state index in [1.54, 1.807) is 36.4 Å². The molecule has 1 saturated carbocycles. The third-order valence-corrected chi connectivity index (χ3v) is 6.55. The molecule has 194 valence electrons. The van der Waals surface area contributed by atoms with Gasteiger partial charge in [0.2, 0.25) is 0 Å². The summed E-state index contributed by atoms with van der Waals surface area (Å²) in [7, 11) is 0. The first-order valence-electron chi connectivity index (χ1n) is 12.4. The van der Waals surface area contributed by atoms with E-state index in [1.165, 1.54) is 50.0 Å². The van der Waals surface area contributed by atoms with E-state index in [4.69, 9.17) is 15.2 Å². The number of nitrogens with zero attached hydrogens (tertiary/aromatic N) is 4. The van der Waals surface area contributed by atoms with E-state index in [1.807, 2.05) is 0 Å². The standard InChI is InChI=1S/C23H27N3O3.C4H5N3O/c1-3-15(2)26-20(16-7-4-5-8-16)14-19(25-26)18-13-17(10-11-21(18)27)24-23(28)22-9-6-12-29-22;5-4(8)7-3-1-2-6-7/h6,9-16,27H,3-5,7-8H2,1-2H3,(H,24,28);1-3H,(H2,5,8). The van der Waals surface area contributed by atoms with Crippen LogP contribution in [0.2, 0.25) is 0 Å². The van der Waals surface area contributed by atoms with E-state index in [0.29, 0.717) is 23.2 Å². The van der Waals surface area contributed by atoms with Gasteiger partial charge in [-0.2, -0.15) is 14.9 Å². The molecule has 1 aliphatic carbocycles. The van der Waals surface area contributed by atoms with Crippen molar-refractivity contribution >= 4 is 17.6 Å². The Morgan fingerprint density at radius 1 is 1.22 bits per heavy atom. The van der Waals surface area contributed by atoms with Crippen molar-refractivity contribution in [3.8, 4) is 17.0 Å². The Kier molecular flexibility index (Phi) is 8.07. The number of phenols is 1. The Balaban J connectivity index is 0.000000342. The van der Waals surface area contributed by atoms with E-state index in [0.717, 1.165) is 16.8 Å². The number of benzene rings is 1. The van der Waals surface area contributed by atoms with Gasteiger partial charge in [-0.05, 0) is 68.7 Å². The van der Waals surface area contributed by atoms with Gasteiger partial charge in [0.15, 0.2) is 5.76 Å². The van der Waals surface area contributed by atoms with Crippen LogP contribution in [0.5, 0.6) is 5.75 Å². The number of rotatable bonds is 6. The first kappa shape index (κ1) is 25.7. The lowest BCUT2D eigenvalue weighted by atomic mass is 10.0. The van der Waals surface area contributed by atoms with Gasteiger partial charge in [0.25, 0.3) is 5.91 Å². The highest BCUT2D eigenvalue weighted by Crippen LogP contribution is 2.39. The number of carbonyl (C=O) groups is 2. The number of phenolic OH excluding ortho intramolecular Hbond substituents is 1. The van der Waals surface area contributed by atoms with Gasteiger partial charge < -0.3 is 20.6 Å². The molecule has 1 atom stereocenters. The molecule has 4 N–H and O–H groups in total. The molecule has 3 heterocycles. The van der Waals surface area contributed by atoms with Gasteiger partial charge in [0, 0.05) is 41.3 Å². The highest BCUT2D eigenvalue weighted by Gasteiger charge is 2.25. The molecule has 0 saturated heterocycles. The molecule has 0 radical (unpaired) electrons. The van der Waals surface area contributed by atoms with Crippen molar-refractivity contribution in [1.29, 1.82) is 0 Å². The minimum atomic E-state index is -0.560. The van der Waals surface area contributed by atoms with Crippen LogP contribution < -0.4 is 11.1 Å². The van der Waals surface area contributed by atoms with Crippen molar-refractivity contribution in [2.45, 2.75) is 57.9 Å². The van der Waals surface area contributed by atoms with Crippen molar-refractivity contribution in [3.05, 3.63) is 72.6 Å². The zero-order chi connectivity index (χ0) is 26.4. The van der Waals surface area contributed by atoms with Crippen LogP contribution in [0.25, 0.3) is 11.3 Å². The molecule has 0 bridgehead atoms. The number of amides is 2. The average molecular weight is 505 g/mol. The fourth-order valence-corrected chi connectivity index (χ4v) is 4.41. The topological polar surface area (TPSA) is 141 Å². The first-order chi connectivity index (χ1) is 17.9. The number of nitrogens with one attached hydrogen (secondary N) is 1. The minimum Gasteiger partial charge on any atom is -0.507 e. The van der Waals surface area contributed by atoms with Crippen LogP contribution in [-0.2, 0) is 0 Å². The van der Waals surface area contributed by atoms with Crippen LogP contribution in [-0.4, -0.2) is 36.6 Å². The van der Waals surface area contributed by atoms with Crippen LogP contribution in [0.1, 0.15) is 74.2 Å². The van der Waals surface area contributed by atoms with Crippen LogP contribution in [0, 0.1) is 0 Å². The Hall–Kier alpha value is -4.34. The number of hydrogen-bond donors (Lipinski definition) is 3. The predicted octanol–water partition coefficient (Wildman–Crippen LogP) is 5.54. The zero-order valence-electron chi connectivity index (χ0n) is 21.0. The summed E-state index contributed by atoms with van der Waals surface area (Å²) in [5.74, 6) is 0.578. The normalized spacial score (nSPS) is 14.1. The minimum absolute atomic E-state index is 0.146. The van der Waals surface area contributed by atoms with E-state index in [2.05, 4.69) is 35.0 Å². The van der Waals surface area contributed by atoms with Gasteiger partial charge >= 0.3 is 6.03 Å². The Morgan fingerprint density at radius 3 is 2.59 bits per heavy atom. The molecule has 4 aromatic rings. The van der Waals surface area contributed by atoms with Crippen LogP contribution in [0.15, 0.2) is 65.5 Å². The highest BCUT2D eigenvalue weighted by molar-refractivity contribution is 6.02. The molecule has 10 nitrogen and oxygen atoms in total. The van der Waals surface area contributed by atoms with Gasteiger partial charge in [-0.25, -0.2) is 4.79 Å². The van der Waals surface area contributed by atoms with Gasteiger partial charge in [0.05, 0.1) is 12.0 Å². The monoisotopic (exact) mass is 504 g/mol. The largest absolute Gasteiger partial charge is 0.507 e. The second kappa shape index (κ2) is 11.6. The van der Waals surface area contributed by atoms with Gasteiger partial charge in [-0.3, -0.25) is 9.48 Å². The number of hydrogen-bond acceptors (Lipinski definition) is 6. The SMILES string of the molecule is CCC(C)n1nc(-c2cc(NC(=O)c3ccco3)ccc2O)cc1C1CCCC1.NC(=O)n1cccn1. The molecule has 1 unspecified atom stereocenters. The predicted molar refractivity (Wildman–Crippen MR) is 139 cm³/mol. The lowest BCUT2D eigenvalue weighted by Crippen LogP contribution is -2.19. The zero-order valence-corrected chi connectivity index (χ0v) is 21.0. The quantitative estimate of drug-likeness (QED) is 0.294. The fourth-order valence-electron chi connectivity index (χ4n) is 4.41. The summed E-state index contributed by atoms with van der Waals surface area (Å²) in [6.07, 6.45) is 10.3. The molecule has 1 aromatic carbocycles. The lowest BCUT2D eigenvalue weighted by Gasteiger charge is -2.17. The van der Waals surface area contributed by atoms with E-state index in [9.17, 15) is 14.7 Å². The molecule has 2 amide bonds. The maximum absolute atomic E-state index is 12.3. The van der Waals surface area contributed by atoms with E-state index in [-0.39, 0.29) is 17.4 Å². The molecule has 1 aliphatic rings. The second-order valence-corrected chi connectivity index (χ2v) is 9.09. The number of furan rings is 1. The maximum atomic E-state index is 12.3. The highest BCUT2D eigenvalue weighted by atomic mass is 16.3. The average Bonchev–Trinajstić information content (AvgIpc) is 3.72. The summed E-state index contributed by atoms with van der Waals surface area (Å²) >= 11 is 0. The number of anilines is 1. The molecular formula is C27H32N6O4. The summed E-state index contributed by atoms with van der Waals surface area (Å²) in [4.78, 5) is 22.5. The maximum Gasteiger partial charge on any atom is 0.339 e. The molecule has 37 heavy (non-hydrogen) atoms. The summed E-state index contributed by atoms with van der Waals surface area (Å²) in [5, 5.41) is 21.7. The summed E-state index contributed by atoms with van der Waals surface area (Å²) in [6.45, 7) is 4.34. The summed E-state index contributed by atoms with van der Waals surface area (Å²) in [5.41, 5.74) is 8.00. The Morgan fingerprint density at radius 2 is 2.00 bits per heavy atom. The van der Waals surface area contributed by atoms with Gasteiger partial charge in [-0.15, -0.1) is 0 Å². The van der Waals surface area contributed by atoms with Crippen LogP contribution in [0.4, 0.5) is 10.5 Å². The third kappa shape index (κ3) is 6.08. The van der Waals surface area contributed by atoms with E-state index >= 15 is 0 Å². The molecular weight excluding hydrogens is 472 g/mol. The van der Waals surface area contributed by atoms with Crippen molar-refractivity contribution < 1.29 is 19.1 Å². The number of primary amides is 1. The second-order valence-electron chi connectivity index (χ2n) is 9.09. The Labute approximate surface area is 215 Å². The third-order valence-electron chi connectivity index (χ3n) is 6.55. The number of nitrogens with two attached hydrogens (primary N) is 1. The van der Waals surface area contributed by atoms with Crippen molar-refractivity contribution in [2.24, 2.45) is 5.73 Å². The van der Waals surface area contributed by atoms with Crippen molar-refractivity contribution in [3.63, 3.8) is 0 Å². The summed E-state index contributed by atoms with van der Waals surface area (Å²) in [6, 6.07) is 11.8. The molecule has 1 fully saturated rings. The molecule has 0 aliphatic heterocycles. The molecule has 10 heteroatoms. The Bertz CT molecular complexity index is 1320. The van der Waals surface area contributed by atoms with Crippen molar-refractivity contribution in [2.75, 3.05) is 5.32 Å². The van der Waals surface area contributed by atoms with E-state index < -0.39 is 6.03 Å². The van der Waals surface area contributed by atoms with Gasteiger partial charge in [0.1, 0.15) is 5.75 Å². The fraction of sp³-hybridized carbons (Fsp3) is 0.333. The number of carbonyl (C=O) groups excluding carboxylic acids is 2. The first-order valence-corrected chi connectivity index (χ1v) is 12.4. The molecule has 0 spiro atoms.